The van der Waals surface area contributed by atoms with Crippen molar-refractivity contribution in [3.8, 4) is 23.3 Å². The Kier molecular flexibility index (Phi) is 10.5. The molecule has 4 aromatic rings. The summed E-state index contributed by atoms with van der Waals surface area (Å²) in [6.45, 7) is 15.0. The first-order chi connectivity index (χ1) is 27.6. The zero-order valence-electron chi connectivity index (χ0n) is 33.4. The minimum absolute atomic E-state index is 0.00332. The van der Waals surface area contributed by atoms with Crippen LogP contribution in [-0.2, 0) is 32.2 Å². The summed E-state index contributed by atoms with van der Waals surface area (Å²) in [5.74, 6) is -1.03. The highest BCUT2D eigenvalue weighted by atomic mass is 32.1. The number of piperazine rings is 1. The number of amides is 2. The van der Waals surface area contributed by atoms with Crippen molar-refractivity contribution in [3.05, 3.63) is 34.5 Å². The second-order valence-corrected chi connectivity index (χ2v) is 17.9. The third kappa shape index (κ3) is 7.68. The largest absolute Gasteiger partial charge is 0.462 e. The first kappa shape index (κ1) is 39.8. The van der Waals surface area contributed by atoms with Crippen molar-refractivity contribution in [1.29, 1.82) is 5.26 Å². The molecule has 7 heterocycles. The van der Waals surface area contributed by atoms with Gasteiger partial charge in [0.15, 0.2) is 11.6 Å². The molecule has 15 nitrogen and oxygen atoms in total. The molecule has 0 radical (unpaired) electrons. The number of fused-ring (bicyclic) bond motifs is 6. The number of benzene rings is 1. The molecule has 2 bridgehead atoms. The van der Waals surface area contributed by atoms with Gasteiger partial charge in [-0.3, -0.25) is 15.2 Å². The molecule has 2 amide bonds. The van der Waals surface area contributed by atoms with Gasteiger partial charge in [-0.1, -0.05) is 0 Å². The summed E-state index contributed by atoms with van der Waals surface area (Å²) >= 11 is 0.834. The fourth-order valence-corrected chi connectivity index (χ4v) is 9.19. The summed E-state index contributed by atoms with van der Waals surface area (Å²) in [6.07, 6.45) is 1.30. The first-order valence-corrected chi connectivity index (χ1v) is 20.2. The van der Waals surface area contributed by atoms with Crippen LogP contribution in [0.4, 0.5) is 29.2 Å². The number of halogens is 2. The van der Waals surface area contributed by atoms with Gasteiger partial charge in [0.05, 0.1) is 54.0 Å². The normalized spacial score (nSPS) is 19.7. The molecule has 1 aromatic carbocycles. The van der Waals surface area contributed by atoms with Gasteiger partial charge in [-0.2, -0.15) is 15.2 Å². The molecule has 4 aliphatic heterocycles. The zero-order chi connectivity index (χ0) is 41.1. The lowest BCUT2D eigenvalue weighted by molar-refractivity contribution is 0.0208. The van der Waals surface area contributed by atoms with Gasteiger partial charge in [-0.15, -0.1) is 11.3 Å². The highest BCUT2D eigenvalue weighted by Crippen LogP contribution is 2.48. The highest BCUT2D eigenvalue weighted by Gasteiger charge is 2.45. The molecule has 3 aromatic heterocycles. The maximum absolute atomic E-state index is 17.7. The Hall–Kier alpha value is -4.96. The summed E-state index contributed by atoms with van der Waals surface area (Å²) in [5, 5.41) is 13.5. The minimum atomic E-state index is -0.836. The Morgan fingerprint density at radius 1 is 0.983 bits per heavy atom. The molecule has 3 saturated heterocycles. The van der Waals surface area contributed by atoms with Gasteiger partial charge < -0.3 is 33.5 Å². The van der Waals surface area contributed by atoms with E-state index in [2.05, 4.69) is 26.2 Å². The monoisotopic (exact) mass is 820 g/mol. The Bertz CT molecular complexity index is 2320. The van der Waals surface area contributed by atoms with Crippen LogP contribution in [0.3, 0.4) is 0 Å². The average molecular weight is 821 g/mol. The van der Waals surface area contributed by atoms with E-state index in [0.717, 1.165) is 43.5 Å². The predicted molar refractivity (Wildman–Crippen MR) is 211 cm³/mol. The Labute approximate surface area is 338 Å². The molecule has 0 spiro atoms. The minimum Gasteiger partial charge on any atom is -0.462 e. The number of aromatic nitrogens is 3. The zero-order valence-corrected chi connectivity index (χ0v) is 34.2. The number of rotatable bonds is 7. The van der Waals surface area contributed by atoms with Crippen LogP contribution in [-0.4, -0.2) is 113 Å². The van der Waals surface area contributed by atoms with Crippen molar-refractivity contribution < 1.29 is 42.1 Å². The summed E-state index contributed by atoms with van der Waals surface area (Å²) in [5.41, 5.74) is -0.513. The predicted octanol–water partition coefficient (Wildman–Crippen LogP) is 6.73. The lowest BCUT2D eigenvalue weighted by Gasteiger charge is -2.42. The molecular formula is C40H46F2N8O7S. The van der Waals surface area contributed by atoms with Crippen LogP contribution in [0.2, 0.25) is 0 Å². The number of carbonyl (C=O) groups is 2. The van der Waals surface area contributed by atoms with Gasteiger partial charge in [0.25, 0.3) is 0 Å². The molecule has 8 rings (SSSR count). The molecule has 18 heteroatoms. The summed E-state index contributed by atoms with van der Waals surface area (Å²) in [4.78, 5) is 46.2. The number of nitrogens with zero attached hydrogens (tertiary/aromatic N) is 7. The Morgan fingerprint density at radius 3 is 2.34 bits per heavy atom. The number of likely N-dealkylation sites (tertiary alicyclic amines) is 1. The smallest absolute Gasteiger partial charge is 0.412 e. The lowest BCUT2D eigenvalue weighted by Crippen LogP contribution is -2.56. The molecule has 0 aliphatic carbocycles. The number of hydrogen-bond acceptors (Lipinski definition) is 14. The van der Waals surface area contributed by atoms with Crippen LogP contribution in [0.5, 0.6) is 6.01 Å². The van der Waals surface area contributed by atoms with Gasteiger partial charge in [-0.05, 0) is 65.5 Å². The first-order valence-electron chi connectivity index (χ1n) is 19.4. The number of hydrogen-bond donors (Lipinski definition) is 1. The number of nitrogens with one attached hydrogen (secondary N) is 1. The van der Waals surface area contributed by atoms with Crippen LogP contribution in [0.1, 0.15) is 71.1 Å². The molecule has 3 fully saturated rings. The number of ether oxygens (including phenoxy) is 5. The summed E-state index contributed by atoms with van der Waals surface area (Å²) < 4.78 is 62.1. The van der Waals surface area contributed by atoms with E-state index >= 15 is 8.78 Å². The second-order valence-electron chi connectivity index (χ2n) is 16.9. The standard InChI is InChI=1S/C40H46F2N8O7S/c1-39(2,3)56-37(51)47-35-23(15-43)28-31(44-16-26(41)33(28)58-35)27-24-19-54-20-25(24)29-32(30(27)42)45-36(55-14-11-48-9-12-53-13-10-48)46-34(29)50-21-7-8-22(50)18-49(17-21)38(52)57-40(4,5)6/h16,21-22H,7-14,17-20H2,1-6H3,(H,47,51). The molecule has 1 N–H and O–H groups in total. The topological polar surface area (TPSA) is 164 Å². The number of morpholine rings is 1. The van der Waals surface area contributed by atoms with Crippen molar-refractivity contribution >= 4 is 55.3 Å². The number of carbonyl (C=O) groups excluding carboxylic acids is 2. The van der Waals surface area contributed by atoms with E-state index in [1.54, 1.807) is 25.7 Å². The van der Waals surface area contributed by atoms with E-state index in [4.69, 9.17) is 33.7 Å². The highest BCUT2D eigenvalue weighted by molar-refractivity contribution is 7.23. The van der Waals surface area contributed by atoms with Gasteiger partial charge in [0, 0.05) is 55.8 Å². The number of thiophene rings is 1. The number of pyridine rings is 1. The molecule has 2 atom stereocenters. The summed E-state index contributed by atoms with van der Waals surface area (Å²) in [7, 11) is 0. The van der Waals surface area contributed by atoms with Crippen LogP contribution in [0, 0.1) is 23.0 Å². The van der Waals surface area contributed by atoms with E-state index in [0.29, 0.717) is 55.2 Å². The van der Waals surface area contributed by atoms with Crippen molar-refractivity contribution in [2.45, 2.75) is 90.9 Å². The van der Waals surface area contributed by atoms with Crippen molar-refractivity contribution in [1.82, 2.24) is 24.8 Å². The van der Waals surface area contributed by atoms with Crippen molar-refractivity contribution in [3.63, 3.8) is 0 Å². The van der Waals surface area contributed by atoms with Gasteiger partial charge >= 0.3 is 18.2 Å². The third-order valence-electron chi connectivity index (χ3n) is 10.5. The Balaban J connectivity index is 1.26. The molecule has 308 valence electrons. The third-order valence-corrected chi connectivity index (χ3v) is 11.6. The van der Waals surface area contributed by atoms with Crippen LogP contribution in [0.15, 0.2) is 6.20 Å². The SMILES string of the molecule is CC(C)(C)OC(=O)Nc1sc2c(F)cnc(-c3c4c(c5c(N6C7CCC6CN(C(=O)OC(C)(C)C)C7)nc(OCCN6CCOCC6)nc5c3F)COC4)c2c1C#N. The lowest BCUT2D eigenvalue weighted by atomic mass is 9.93. The maximum atomic E-state index is 17.7. The molecule has 58 heavy (non-hydrogen) atoms. The molecule has 4 aliphatic rings. The van der Waals surface area contributed by atoms with E-state index < -0.39 is 28.9 Å². The van der Waals surface area contributed by atoms with Gasteiger partial charge in [0.1, 0.15) is 40.2 Å². The van der Waals surface area contributed by atoms with Crippen LogP contribution >= 0.6 is 11.3 Å². The summed E-state index contributed by atoms with van der Waals surface area (Å²) in [6, 6.07) is 1.76. The van der Waals surface area contributed by atoms with E-state index in [1.165, 1.54) is 0 Å². The van der Waals surface area contributed by atoms with Crippen molar-refractivity contribution in [2.24, 2.45) is 0 Å². The molecule has 0 saturated carbocycles. The van der Waals surface area contributed by atoms with Gasteiger partial charge in [-0.25, -0.2) is 18.4 Å². The van der Waals surface area contributed by atoms with E-state index in [-0.39, 0.29) is 81.4 Å². The fraction of sp³-hybridized carbons (Fsp3) is 0.550. The molecule has 2 unspecified atom stereocenters. The van der Waals surface area contributed by atoms with Crippen molar-refractivity contribution in [2.75, 3.05) is 62.8 Å². The van der Waals surface area contributed by atoms with E-state index in [9.17, 15) is 14.9 Å². The maximum Gasteiger partial charge on any atom is 0.412 e. The quantitative estimate of drug-likeness (QED) is 0.209. The van der Waals surface area contributed by atoms with E-state index in [1.807, 2.05) is 20.8 Å². The van der Waals surface area contributed by atoms with Crippen LogP contribution in [0.25, 0.3) is 32.2 Å². The fourth-order valence-electron chi connectivity index (χ4n) is 8.16. The Morgan fingerprint density at radius 2 is 1.67 bits per heavy atom. The van der Waals surface area contributed by atoms with Crippen LogP contribution < -0.4 is 15.0 Å². The second kappa shape index (κ2) is 15.3. The number of anilines is 2. The molecular weight excluding hydrogens is 775 g/mol. The average Bonchev–Trinajstić information content (AvgIpc) is 3.85. The number of nitriles is 1. The van der Waals surface area contributed by atoms with Gasteiger partial charge in [0.2, 0.25) is 0 Å².